The van der Waals surface area contributed by atoms with Crippen molar-refractivity contribution in [1.82, 2.24) is 0 Å². The third-order valence-electron chi connectivity index (χ3n) is 4.35. The normalized spacial score (nSPS) is 16.3. The highest BCUT2D eigenvalue weighted by molar-refractivity contribution is 8.18. The third-order valence-corrected chi connectivity index (χ3v) is 5.37. The van der Waals surface area contributed by atoms with Crippen molar-refractivity contribution < 1.29 is 24.1 Å². The van der Waals surface area contributed by atoms with Crippen molar-refractivity contribution in [1.29, 1.82) is 0 Å². The summed E-state index contributed by atoms with van der Waals surface area (Å²) >= 11 is 1.20. The summed E-state index contributed by atoms with van der Waals surface area (Å²) in [6.45, 7) is 3.90. The average Bonchev–Trinajstić information content (AvgIpc) is 3.04. The summed E-state index contributed by atoms with van der Waals surface area (Å²) in [6, 6.07) is 13.0. The average molecular weight is 426 g/mol. The van der Waals surface area contributed by atoms with Gasteiger partial charge in [0.25, 0.3) is 0 Å². The predicted molar refractivity (Wildman–Crippen MR) is 120 cm³/mol. The van der Waals surface area contributed by atoms with Gasteiger partial charge in [-0.15, -0.1) is 0 Å². The number of para-hydroxylation sites is 1. The van der Waals surface area contributed by atoms with Crippen LogP contribution in [0, 0.1) is 6.92 Å². The van der Waals surface area contributed by atoms with Crippen LogP contribution >= 0.6 is 11.8 Å². The Bertz CT molecular complexity index is 1040. The summed E-state index contributed by atoms with van der Waals surface area (Å²) in [7, 11) is 3.10. The second-order valence-electron chi connectivity index (χ2n) is 6.39. The van der Waals surface area contributed by atoms with Gasteiger partial charge in [-0.1, -0.05) is 41.6 Å². The molecule has 0 spiro atoms. The smallest absolute Gasteiger partial charge is 0.344 e. The number of carbonyl (C=O) groups is 1. The van der Waals surface area contributed by atoms with Gasteiger partial charge < -0.3 is 19.3 Å². The van der Waals surface area contributed by atoms with Gasteiger partial charge in [-0.3, -0.25) is 0 Å². The number of hydrogen-bond donors (Lipinski definition) is 1. The standard InChI is InChI=1S/C23H23NO5S/c1-5-29-23(26)19-20(25)18(13-15-7-6-8-17(27-3)21(15)28-4)30-22(19)24-16-11-9-14(2)10-12-16/h6-13,25H,5H2,1-4H3. The molecule has 156 valence electrons. The number of rotatable bonds is 6. The van der Waals surface area contributed by atoms with Crippen LogP contribution in [0.15, 0.2) is 63.7 Å². The Labute approximate surface area is 179 Å². The van der Waals surface area contributed by atoms with E-state index in [0.29, 0.717) is 32.7 Å². The molecule has 7 heteroatoms. The van der Waals surface area contributed by atoms with Gasteiger partial charge in [-0.25, -0.2) is 9.79 Å². The first kappa shape index (κ1) is 21.5. The molecule has 1 heterocycles. The van der Waals surface area contributed by atoms with Gasteiger partial charge in [-0.2, -0.15) is 0 Å². The highest BCUT2D eigenvalue weighted by Gasteiger charge is 2.33. The first-order valence-electron chi connectivity index (χ1n) is 9.35. The lowest BCUT2D eigenvalue weighted by Gasteiger charge is -2.10. The lowest BCUT2D eigenvalue weighted by atomic mass is 10.1. The van der Waals surface area contributed by atoms with Crippen LogP contribution in [0.4, 0.5) is 5.69 Å². The van der Waals surface area contributed by atoms with E-state index < -0.39 is 5.97 Å². The van der Waals surface area contributed by atoms with Crippen molar-refractivity contribution in [2.24, 2.45) is 4.99 Å². The molecular weight excluding hydrogens is 402 g/mol. The summed E-state index contributed by atoms with van der Waals surface area (Å²) in [6.07, 6.45) is 1.73. The molecule has 0 saturated heterocycles. The molecule has 0 bridgehead atoms. The fourth-order valence-electron chi connectivity index (χ4n) is 2.90. The number of nitrogens with zero attached hydrogens (tertiary/aromatic N) is 1. The van der Waals surface area contributed by atoms with E-state index in [-0.39, 0.29) is 17.9 Å². The lowest BCUT2D eigenvalue weighted by Crippen LogP contribution is -2.12. The molecule has 0 atom stereocenters. The third kappa shape index (κ3) is 4.52. The summed E-state index contributed by atoms with van der Waals surface area (Å²) in [5.74, 6) is 0.309. The molecule has 1 aliphatic rings. The van der Waals surface area contributed by atoms with Crippen LogP contribution < -0.4 is 9.47 Å². The molecule has 3 rings (SSSR count). The summed E-state index contributed by atoms with van der Waals surface area (Å²) in [5, 5.41) is 11.2. The number of aliphatic hydroxyl groups is 1. The number of aliphatic hydroxyl groups excluding tert-OH is 1. The topological polar surface area (TPSA) is 77.4 Å². The highest BCUT2D eigenvalue weighted by atomic mass is 32.2. The SMILES string of the molecule is CCOC(=O)C1=C(O)C(=Cc2cccc(OC)c2OC)SC1=Nc1ccc(C)cc1. The number of ether oxygens (including phenoxy) is 3. The molecule has 0 aliphatic carbocycles. The Kier molecular flexibility index (Phi) is 6.84. The van der Waals surface area contributed by atoms with Crippen LogP contribution in [-0.4, -0.2) is 36.9 Å². The number of aliphatic imine (C=N–C) groups is 1. The zero-order chi connectivity index (χ0) is 21.7. The molecule has 0 aromatic heterocycles. The molecule has 30 heavy (non-hydrogen) atoms. The highest BCUT2D eigenvalue weighted by Crippen LogP contribution is 2.42. The molecule has 2 aromatic carbocycles. The van der Waals surface area contributed by atoms with E-state index in [4.69, 9.17) is 14.2 Å². The Morgan fingerprint density at radius 1 is 1.13 bits per heavy atom. The summed E-state index contributed by atoms with van der Waals surface area (Å²) in [5.41, 5.74) is 2.53. The van der Waals surface area contributed by atoms with Crippen LogP contribution in [-0.2, 0) is 9.53 Å². The first-order chi connectivity index (χ1) is 14.5. The van der Waals surface area contributed by atoms with E-state index in [1.807, 2.05) is 43.3 Å². The summed E-state index contributed by atoms with van der Waals surface area (Å²) in [4.78, 5) is 17.6. The Balaban J connectivity index is 2.08. The van der Waals surface area contributed by atoms with Gasteiger partial charge >= 0.3 is 5.97 Å². The van der Waals surface area contributed by atoms with E-state index in [0.717, 1.165) is 5.56 Å². The predicted octanol–water partition coefficient (Wildman–Crippen LogP) is 5.21. The maximum absolute atomic E-state index is 12.5. The van der Waals surface area contributed by atoms with E-state index in [1.54, 1.807) is 33.3 Å². The van der Waals surface area contributed by atoms with Crippen molar-refractivity contribution in [3.63, 3.8) is 0 Å². The number of benzene rings is 2. The fraction of sp³-hybridized carbons (Fsp3) is 0.217. The van der Waals surface area contributed by atoms with Crippen molar-refractivity contribution in [3.05, 3.63) is 69.8 Å². The van der Waals surface area contributed by atoms with Crippen molar-refractivity contribution in [2.45, 2.75) is 13.8 Å². The van der Waals surface area contributed by atoms with Gasteiger partial charge in [0.2, 0.25) is 0 Å². The van der Waals surface area contributed by atoms with Gasteiger partial charge in [-0.05, 0) is 38.1 Å². The molecular formula is C23H23NO5S. The van der Waals surface area contributed by atoms with Crippen molar-refractivity contribution in [3.8, 4) is 11.5 Å². The Hall–Kier alpha value is -3.19. The molecule has 0 fully saturated rings. The number of carbonyl (C=O) groups excluding carboxylic acids is 1. The van der Waals surface area contributed by atoms with E-state index >= 15 is 0 Å². The maximum atomic E-state index is 12.5. The van der Waals surface area contributed by atoms with Gasteiger partial charge in [0.1, 0.15) is 16.4 Å². The van der Waals surface area contributed by atoms with Crippen LogP contribution in [0.2, 0.25) is 0 Å². The van der Waals surface area contributed by atoms with E-state index in [1.165, 1.54) is 11.8 Å². The van der Waals surface area contributed by atoms with Crippen LogP contribution in [0.5, 0.6) is 11.5 Å². The Morgan fingerprint density at radius 2 is 1.87 bits per heavy atom. The lowest BCUT2D eigenvalue weighted by molar-refractivity contribution is -0.138. The number of thioether (sulfide) groups is 1. The number of hydrogen-bond acceptors (Lipinski definition) is 7. The second kappa shape index (κ2) is 9.54. The minimum atomic E-state index is -0.616. The molecule has 0 saturated carbocycles. The fourth-order valence-corrected chi connectivity index (χ4v) is 3.92. The minimum absolute atomic E-state index is 0.0514. The zero-order valence-corrected chi connectivity index (χ0v) is 18.1. The molecule has 6 nitrogen and oxygen atoms in total. The van der Waals surface area contributed by atoms with E-state index in [2.05, 4.69) is 4.99 Å². The molecule has 1 aliphatic heterocycles. The van der Waals surface area contributed by atoms with Crippen LogP contribution in [0.25, 0.3) is 6.08 Å². The number of esters is 1. The molecule has 0 unspecified atom stereocenters. The second-order valence-corrected chi connectivity index (χ2v) is 7.42. The molecule has 0 amide bonds. The molecule has 1 N–H and O–H groups in total. The van der Waals surface area contributed by atoms with Crippen LogP contribution in [0.1, 0.15) is 18.1 Å². The van der Waals surface area contributed by atoms with Crippen molar-refractivity contribution >= 4 is 34.5 Å². The Morgan fingerprint density at radius 3 is 2.50 bits per heavy atom. The van der Waals surface area contributed by atoms with Crippen LogP contribution in [0.3, 0.4) is 0 Å². The monoisotopic (exact) mass is 425 g/mol. The zero-order valence-electron chi connectivity index (χ0n) is 17.3. The van der Waals surface area contributed by atoms with Gasteiger partial charge in [0.05, 0.1) is 31.4 Å². The van der Waals surface area contributed by atoms with Gasteiger partial charge in [0.15, 0.2) is 11.5 Å². The summed E-state index contributed by atoms with van der Waals surface area (Å²) < 4.78 is 15.9. The van der Waals surface area contributed by atoms with E-state index in [9.17, 15) is 9.90 Å². The quantitative estimate of drug-likeness (QED) is 0.641. The maximum Gasteiger partial charge on any atom is 0.344 e. The van der Waals surface area contributed by atoms with Gasteiger partial charge in [0, 0.05) is 5.56 Å². The minimum Gasteiger partial charge on any atom is -0.506 e. The van der Waals surface area contributed by atoms with Crippen molar-refractivity contribution in [2.75, 3.05) is 20.8 Å². The number of methoxy groups -OCH3 is 2. The molecule has 2 aromatic rings. The largest absolute Gasteiger partial charge is 0.506 e. The number of aryl methyl sites for hydroxylation is 1. The molecule has 0 radical (unpaired) electrons. The first-order valence-corrected chi connectivity index (χ1v) is 10.2.